The van der Waals surface area contributed by atoms with E-state index in [2.05, 4.69) is 49.2 Å². The van der Waals surface area contributed by atoms with Gasteiger partial charge >= 0.3 is 0 Å². The summed E-state index contributed by atoms with van der Waals surface area (Å²) in [4.78, 5) is 6.77. The SMILES string of the molecule is CC(C)(C)c1nccs1.CC(C)N1CCc2cc(S(=O)(=O)Nc3ccc(CCCC4CCCC4)cc3F)ccc2C1. The van der Waals surface area contributed by atoms with Crippen molar-refractivity contribution < 1.29 is 12.8 Å². The summed E-state index contributed by atoms with van der Waals surface area (Å²) < 4.78 is 43.0. The van der Waals surface area contributed by atoms with Crippen molar-refractivity contribution >= 4 is 27.0 Å². The Kier molecular flexibility index (Phi) is 10.6. The molecule has 0 saturated heterocycles. The smallest absolute Gasteiger partial charge is 0.261 e. The van der Waals surface area contributed by atoms with Crippen molar-refractivity contribution in [2.24, 2.45) is 5.92 Å². The van der Waals surface area contributed by atoms with Crippen LogP contribution in [0.15, 0.2) is 52.9 Å². The summed E-state index contributed by atoms with van der Waals surface area (Å²) in [6, 6.07) is 10.6. The molecule has 41 heavy (non-hydrogen) atoms. The molecule has 2 heterocycles. The van der Waals surface area contributed by atoms with Gasteiger partial charge in [0.1, 0.15) is 5.82 Å². The fourth-order valence-electron chi connectivity index (χ4n) is 5.65. The number of nitrogens with one attached hydrogen (secondary N) is 1. The minimum absolute atomic E-state index is 0.00764. The fourth-order valence-corrected chi connectivity index (χ4v) is 7.49. The minimum Gasteiger partial charge on any atom is -0.296 e. The zero-order valence-corrected chi connectivity index (χ0v) is 26.9. The van der Waals surface area contributed by atoms with Gasteiger partial charge in [-0.05, 0) is 80.0 Å². The number of fused-ring (bicyclic) bond motifs is 1. The van der Waals surface area contributed by atoms with Crippen LogP contribution in [0.3, 0.4) is 0 Å². The summed E-state index contributed by atoms with van der Waals surface area (Å²) in [6.45, 7) is 12.6. The Labute approximate surface area is 250 Å². The summed E-state index contributed by atoms with van der Waals surface area (Å²) in [7, 11) is -3.84. The lowest BCUT2D eigenvalue weighted by atomic mass is 9.98. The fraction of sp³-hybridized carbons (Fsp3) is 0.545. The Morgan fingerprint density at radius 3 is 2.46 bits per heavy atom. The number of aryl methyl sites for hydroxylation is 1. The molecule has 0 bridgehead atoms. The molecule has 0 radical (unpaired) electrons. The number of halogens is 1. The molecule has 8 heteroatoms. The first-order valence-corrected chi connectivity index (χ1v) is 17.4. The van der Waals surface area contributed by atoms with Gasteiger partial charge in [0.25, 0.3) is 10.0 Å². The number of benzene rings is 2. The van der Waals surface area contributed by atoms with E-state index in [0.717, 1.165) is 55.0 Å². The zero-order valence-electron chi connectivity index (χ0n) is 25.2. The number of sulfonamides is 1. The summed E-state index contributed by atoms with van der Waals surface area (Å²) in [5, 5.41) is 3.23. The highest BCUT2D eigenvalue weighted by Crippen LogP contribution is 2.30. The van der Waals surface area contributed by atoms with E-state index in [0.29, 0.717) is 6.04 Å². The largest absolute Gasteiger partial charge is 0.296 e. The highest BCUT2D eigenvalue weighted by atomic mass is 32.2. The molecule has 1 aliphatic carbocycles. The molecule has 3 aromatic rings. The summed E-state index contributed by atoms with van der Waals surface area (Å²) in [5.41, 5.74) is 3.38. The number of aromatic nitrogens is 1. The van der Waals surface area contributed by atoms with Gasteiger partial charge in [-0.3, -0.25) is 9.62 Å². The van der Waals surface area contributed by atoms with Crippen LogP contribution in [0.4, 0.5) is 10.1 Å². The van der Waals surface area contributed by atoms with Crippen molar-refractivity contribution in [2.45, 2.75) is 109 Å². The molecule has 1 fully saturated rings. The number of thiazole rings is 1. The second kappa shape index (κ2) is 13.8. The molecular formula is C33H46FN3O2S2. The monoisotopic (exact) mass is 599 g/mol. The summed E-state index contributed by atoms with van der Waals surface area (Å²) >= 11 is 1.72. The van der Waals surface area contributed by atoms with Crippen molar-refractivity contribution in [3.63, 3.8) is 0 Å². The van der Waals surface area contributed by atoms with Crippen LogP contribution < -0.4 is 4.72 Å². The standard InChI is InChI=1S/C26H35FN2O2S.C7H11NS/c1-19(2)29-15-14-22-17-24(12-11-23(22)18-29)32(30,31)28-26-13-10-21(16-25(26)27)9-5-8-20-6-3-4-7-20;1-7(2,3)6-8-4-5-9-6/h10-13,16-17,19-20,28H,3-9,14-15,18H2,1-2H3;4-5H,1-3H3. The molecule has 1 N–H and O–H groups in total. The molecule has 5 rings (SSSR count). The molecule has 2 aliphatic rings. The van der Waals surface area contributed by atoms with Gasteiger partial charge in [0, 0.05) is 36.1 Å². The molecule has 0 spiro atoms. The second-order valence-electron chi connectivity index (χ2n) is 12.8. The van der Waals surface area contributed by atoms with Crippen LogP contribution in [0.1, 0.15) is 94.8 Å². The highest BCUT2D eigenvalue weighted by Gasteiger charge is 2.23. The first-order valence-electron chi connectivity index (χ1n) is 15.0. The maximum Gasteiger partial charge on any atom is 0.261 e. The Morgan fingerprint density at radius 1 is 1.10 bits per heavy atom. The van der Waals surface area contributed by atoms with E-state index in [-0.39, 0.29) is 16.0 Å². The third-order valence-electron chi connectivity index (χ3n) is 8.16. The van der Waals surface area contributed by atoms with Gasteiger partial charge in [-0.15, -0.1) is 11.3 Å². The molecule has 1 aromatic heterocycles. The number of hydrogen-bond donors (Lipinski definition) is 1. The van der Waals surface area contributed by atoms with Crippen molar-refractivity contribution in [1.82, 2.24) is 9.88 Å². The van der Waals surface area contributed by atoms with Crippen LogP contribution in [0.25, 0.3) is 0 Å². The van der Waals surface area contributed by atoms with Gasteiger partial charge < -0.3 is 0 Å². The van der Waals surface area contributed by atoms with E-state index in [1.54, 1.807) is 29.5 Å². The predicted molar refractivity (Wildman–Crippen MR) is 169 cm³/mol. The van der Waals surface area contributed by atoms with Crippen LogP contribution in [-0.2, 0) is 34.8 Å². The van der Waals surface area contributed by atoms with Crippen LogP contribution >= 0.6 is 11.3 Å². The topological polar surface area (TPSA) is 62.3 Å². The van der Waals surface area contributed by atoms with Crippen molar-refractivity contribution in [3.8, 4) is 0 Å². The Bertz CT molecular complexity index is 1380. The molecule has 1 aliphatic heterocycles. The molecule has 5 nitrogen and oxygen atoms in total. The van der Waals surface area contributed by atoms with Gasteiger partial charge in [-0.25, -0.2) is 17.8 Å². The van der Waals surface area contributed by atoms with Crippen molar-refractivity contribution in [2.75, 3.05) is 11.3 Å². The van der Waals surface area contributed by atoms with Crippen molar-refractivity contribution in [1.29, 1.82) is 0 Å². The van der Waals surface area contributed by atoms with Crippen molar-refractivity contribution in [3.05, 3.63) is 75.5 Å². The van der Waals surface area contributed by atoms with E-state index in [1.807, 2.05) is 23.7 Å². The molecule has 0 unspecified atom stereocenters. The van der Waals surface area contributed by atoms with Crippen LogP contribution in [0.5, 0.6) is 0 Å². The van der Waals surface area contributed by atoms with Gasteiger partial charge in [-0.1, -0.05) is 65.0 Å². The lowest BCUT2D eigenvalue weighted by molar-refractivity contribution is 0.203. The second-order valence-corrected chi connectivity index (χ2v) is 15.4. The van der Waals surface area contributed by atoms with Gasteiger partial charge in [-0.2, -0.15) is 0 Å². The van der Waals surface area contributed by atoms with E-state index in [9.17, 15) is 12.8 Å². The Morgan fingerprint density at radius 2 is 1.85 bits per heavy atom. The normalized spacial score (nSPS) is 16.4. The molecule has 224 valence electrons. The number of hydrogen-bond acceptors (Lipinski definition) is 5. The summed E-state index contributed by atoms with van der Waals surface area (Å²) in [6.07, 6.45) is 11.1. The average molecular weight is 600 g/mol. The van der Waals surface area contributed by atoms with Crippen LogP contribution in [-0.4, -0.2) is 30.9 Å². The summed E-state index contributed by atoms with van der Waals surface area (Å²) in [5.74, 6) is 0.313. The molecule has 1 saturated carbocycles. The Balaban J connectivity index is 0.000000367. The quantitative estimate of drug-likeness (QED) is 0.283. The average Bonchev–Trinajstić information content (AvgIpc) is 3.65. The minimum atomic E-state index is -3.84. The lowest BCUT2D eigenvalue weighted by Gasteiger charge is -2.32. The first kappa shape index (κ1) is 31.6. The molecule has 0 atom stereocenters. The maximum absolute atomic E-state index is 14.7. The van der Waals surface area contributed by atoms with Gasteiger partial charge in [0.15, 0.2) is 0 Å². The highest BCUT2D eigenvalue weighted by molar-refractivity contribution is 7.92. The number of anilines is 1. The predicted octanol–water partition coefficient (Wildman–Crippen LogP) is 8.35. The zero-order chi connectivity index (χ0) is 29.6. The van der Waals surface area contributed by atoms with E-state index < -0.39 is 15.8 Å². The molecule has 2 aromatic carbocycles. The Hall–Kier alpha value is -2.29. The maximum atomic E-state index is 14.7. The molecule has 0 amide bonds. The van der Waals surface area contributed by atoms with Gasteiger partial charge in [0.05, 0.1) is 15.6 Å². The number of nitrogens with zero attached hydrogens (tertiary/aromatic N) is 2. The van der Waals surface area contributed by atoms with Gasteiger partial charge in [0.2, 0.25) is 0 Å². The molecular weight excluding hydrogens is 554 g/mol. The third-order valence-corrected chi connectivity index (χ3v) is 10.7. The van der Waals surface area contributed by atoms with Crippen LogP contribution in [0, 0.1) is 11.7 Å². The number of rotatable bonds is 8. The lowest BCUT2D eigenvalue weighted by Crippen LogP contribution is -2.35. The van der Waals surface area contributed by atoms with E-state index >= 15 is 0 Å². The van der Waals surface area contributed by atoms with E-state index in [1.165, 1.54) is 43.2 Å². The third kappa shape index (κ3) is 8.85. The first-order chi connectivity index (χ1) is 19.4. The van der Waals surface area contributed by atoms with Crippen LogP contribution in [0.2, 0.25) is 0 Å². The van der Waals surface area contributed by atoms with E-state index in [4.69, 9.17) is 0 Å².